The van der Waals surface area contributed by atoms with Gasteiger partial charge in [-0.2, -0.15) is 0 Å². The second-order valence-corrected chi connectivity index (χ2v) is 3.09. The molecule has 0 aliphatic heterocycles. The molecule has 0 saturated heterocycles. The van der Waals surface area contributed by atoms with E-state index in [2.05, 4.69) is 0 Å². The van der Waals surface area contributed by atoms with Gasteiger partial charge in [0.15, 0.2) is 0 Å². The third-order valence-electron chi connectivity index (χ3n) is 1.21. The standard InChI is InChI=1S/C8H10O3Si/c1-2-10-12(9)11-8-6-4-3-5-7-8/h3-7H,2H2,1H3. The molecule has 0 amide bonds. The predicted octanol–water partition coefficient (Wildman–Crippen LogP) is 1.52. The average molecular weight is 182 g/mol. The van der Waals surface area contributed by atoms with Crippen LogP contribution in [-0.2, 0) is 8.89 Å². The van der Waals surface area contributed by atoms with Crippen molar-refractivity contribution in [2.45, 2.75) is 6.92 Å². The van der Waals surface area contributed by atoms with Crippen LogP contribution in [0, 0.1) is 0 Å². The van der Waals surface area contributed by atoms with Gasteiger partial charge in [0.25, 0.3) is 0 Å². The minimum Gasteiger partial charge on any atom is -0.496 e. The van der Waals surface area contributed by atoms with Gasteiger partial charge >= 0.3 is 9.17 Å². The van der Waals surface area contributed by atoms with Gasteiger partial charge in [0.1, 0.15) is 5.75 Å². The van der Waals surface area contributed by atoms with E-state index in [1.165, 1.54) is 0 Å². The Morgan fingerprint density at radius 1 is 1.33 bits per heavy atom. The zero-order valence-corrected chi connectivity index (χ0v) is 7.82. The molecule has 0 radical (unpaired) electrons. The molecule has 4 heteroatoms. The Morgan fingerprint density at radius 3 is 2.58 bits per heavy atom. The fraction of sp³-hybridized carbons (Fsp3) is 0.250. The summed E-state index contributed by atoms with van der Waals surface area (Å²) in [5.41, 5.74) is 0. The maximum absolute atomic E-state index is 11.0. The molecule has 0 atom stereocenters. The minimum atomic E-state index is -2.34. The van der Waals surface area contributed by atoms with Crippen molar-refractivity contribution in [3.8, 4) is 5.75 Å². The highest BCUT2D eigenvalue weighted by Crippen LogP contribution is 2.07. The van der Waals surface area contributed by atoms with Crippen molar-refractivity contribution < 1.29 is 13.3 Å². The van der Waals surface area contributed by atoms with Crippen LogP contribution in [0.25, 0.3) is 0 Å². The molecule has 0 aromatic heterocycles. The molecular formula is C8H10O3Si. The summed E-state index contributed by atoms with van der Waals surface area (Å²) in [5.74, 6) is 0.579. The van der Waals surface area contributed by atoms with Crippen molar-refractivity contribution >= 4 is 9.17 Å². The van der Waals surface area contributed by atoms with Gasteiger partial charge in [-0.15, -0.1) is 0 Å². The van der Waals surface area contributed by atoms with Crippen LogP contribution in [-0.4, -0.2) is 15.8 Å². The van der Waals surface area contributed by atoms with Crippen molar-refractivity contribution in [2.24, 2.45) is 0 Å². The van der Waals surface area contributed by atoms with E-state index in [-0.39, 0.29) is 0 Å². The highest BCUT2D eigenvalue weighted by atomic mass is 28.3. The first kappa shape index (κ1) is 8.93. The van der Waals surface area contributed by atoms with Crippen LogP contribution in [0.3, 0.4) is 0 Å². The summed E-state index contributed by atoms with van der Waals surface area (Å²) in [7, 11) is -2.34. The molecule has 0 N–H and O–H groups in total. The third kappa shape index (κ3) is 2.83. The summed E-state index contributed by atoms with van der Waals surface area (Å²) in [5, 5.41) is 0. The summed E-state index contributed by atoms with van der Waals surface area (Å²) >= 11 is 0. The summed E-state index contributed by atoms with van der Waals surface area (Å²) in [6.45, 7) is 2.18. The summed E-state index contributed by atoms with van der Waals surface area (Å²) in [6, 6.07) is 8.97. The van der Waals surface area contributed by atoms with E-state index >= 15 is 0 Å². The highest BCUT2D eigenvalue weighted by molar-refractivity contribution is 6.27. The van der Waals surface area contributed by atoms with E-state index < -0.39 is 9.17 Å². The van der Waals surface area contributed by atoms with Crippen LogP contribution in [0.5, 0.6) is 5.75 Å². The first-order valence-electron chi connectivity index (χ1n) is 3.72. The molecule has 1 aromatic rings. The van der Waals surface area contributed by atoms with Crippen LogP contribution < -0.4 is 4.43 Å². The summed E-state index contributed by atoms with van der Waals surface area (Å²) in [6.07, 6.45) is 0. The quantitative estimate of drug-likeness (QED) is 0.662. The van der Waals surface area contributed by atoms with E-state index in [9.17, 15) is 4.46 Å². The molecule has 0 spiro atoms. The number of para-hydroxylation sites is 1. The van der Waals surface area contributed by atoms with Crippen LogP contribution in [0.4, 0.5) is 0 Å². The lowest BCUT2D eigenvalue weighted by atomic mass is 10.3. The first-order valence-corrected chi connectivity index (χ1v) is 4.95. The number of rotatable bonds is 4. The Hall–Kier alpha value is -1.16. The van der Waals surface area contributed by atoms with Crippen LogP contribution in [0.2, 0.25) is 0 Å². The Balaban J connectivity index is 2.47. The minimum absolute atomic E-state index is 0.407. The molecule has 0 saturated carbocycles. The van der Waals surface area contributed by atoms with Crippen molar-refractivity contribution in [3.05, 3.63) is 30.3 Å². The normalized spacial score (nSPS) is 9.08. The lowest BCUT2D eigenvalue weighted by Gasteiger charge is -2.01. The topological polar surface area (TPSA) is 35.5 Å². The molecular weight excluding hydrogens is 172 g/mol. The Bertz CT molecular complexity index is 248. The molecule has 0 bridgehead atoms. The van der Waals surface area contributed by atoms with Crippen molar-refractivity contribution in [1.29, 1.82) is 0 Å². The largest absolute Gasteiger partial charge is 0.772 e. The predicted molar refractivity (Wildman–Crippen MR) is 45.1 cm³/mol. The van der Waals surface area contributed by atoms with Crippen LogP contribution in [0.1, 0.15) is 6.92 Å². The molecule has 64 valence electrons. The van der Waals surface area contributed by atoms with Crippen LogP contribution >= 0.6 is 0 Å². The van der Waals surface area contributed by atoms with Crippen molar-refractivity contribution in [3.63, 3.8) is 0 Å². The molecule has 3 nitrogen and oxygen atoms in total. The zero-order valence-electron chi connectivity index (χ0n) is 6.82. The van der Waals surface area contributed by atoms with E-state index in [0.717, 1.165) is 0 Å². The van der Waals surface area contributed by atoms with Gasteiger partial charge in [0, 0.05) is 0 Å². The molecule has 12 heavy (non-hydrogen) atoms. The molecule has 1 aromatic carbocycles. The highest BCUT2D eigenvalue weighted by Gasteiger charge is 2.09. The van der Waals surface area contributed by atoms with Crippen LogP contribution in [0.15, 0.2) is 30.3 Å². The molecule has 0 fully saturated rings. The summed E-state index contributed by atoms with van der Waals surface area (Å²) < 4.78 is 20.7. The first-order chi connectivity index (χ1) is 5.83. The van der Waals surface area contributed by atoms with Gasteiger partial charge in [-0.3, -0.25) is 4.46 Å². The fourth-order valence-electron chi connectivity index (χ4n) is 0.732. The van der Waals surface area contributed by atoms with Gasteiger partial charge in [0.2, 0.25) is 0 Å². The SMILES string of the molecule is CCO[Si](=O)Oc1ccccc1. The summed E-state index contributed by atoms with van der Waals surface area (Å²) in [4.78, 5) is 0. The molecule has 0 aliphatic carbocycles. The van der Waals surface area contributed by atoms with Crippen molar-refractivity contribution in [1.82, 2.24) is 0 Å². The van der Waals surface area contributed by atoms with E-state index in [1.807, 2.05) is 18.2 Å². The van der Waals surface area contributed by atoms with Gasteiger partial charge in [-0.25, -0.2) is 0 Å². The lowest BCUT2D eigenvalue weighted by Crippen LogP contribution is -2.15. The van der Waals surface area contributed by atoms with E-state index in [4.69, 9.17) is 8.85 Å². The van der Waals surface area contributed by atoms with Gasteiger partial charge in [0.05, 0.1) is 6.61 Å². The number of benzene rings is 1. The van der Waals surface area contributed by atoms with Gasteiger partial charge in [-0.05, 0) is 19.1 Å². The lowest BCUT2D eigenvalue weighted by molar-refractivity contribution is 0.243. The maximum atomic E-state index is 11.0. The third-order valence-corrected chi connectivity index (χ3v) is 2.13. The van der Waals surface area contributed by atoms with Gasteiger partial charge < -0.3 is 8.85 Å². The zero-order chi connectivity index (χ0) is 8.81. The Labute approximate surface area is 72.8 Å². The molecule has 0 aliphatic rings. The second kappa shape index (κ2) is 4.66. The molecule has 1 rings (SSSR count). The Morgan fingerprint density at radius 2 is 2.00 bits per heavy atom. The maximum Gasteiger partial charge on any atom is 0.772 e. The van der Waals surface area contributed by atoms with E-state index in [1.54, 1.807) is 19.1 Å². The Kier molecular flexibility index (Phi) is 3.47. The number of hydrogen-bond donors (Lipinski definition) is 0. The molecule has 0 unspecified atom stereocenters. The van der Waals surface area contributed by atoms with Crippen molar-refractivity contribution in [2.75, 3.05) is 6.61 Å². The fourth-order valence-corrected chi connectivity index (χ4v) is 1.36. The smallest absolute Gasteiger partial charge is 0.496 e. The second-order valence-electron chi connectivity index (χ2n) is 2.10. The van der Waals surface area contributed by atoms with Gasteiger partial charge in [-0.1, -0.05) is 18.2 Å². The average Bonchev–Trinajstić information content (AvgIpc) is 2.06. The molecule has 0 heterocycles. The number of hydrogen-bond acceptors (Lipinski definition) is 3. The monoisotopic (exact) mass is 182 g/mol. The van der Waals surface area contributed by atoms with E-state index in [0.29, 0.717) is 12.4 Å².